The number of aliphatic carboxylic acids is 1. The van der Waals surface area contributed by atoms with E-state index in [9.17, 15) is 9.59 Å². The number of amides is 1. The number of carbonyl (C=O) groups is 2. The highest BCUT2D eigenvalue weighted by atomic mass is 16.4. The molecule has 1 amide bonds. The standard InChI is InChI=1S/C14H14N2O3/c1-8-3-4-11-10(7-8)5-6-15-12(11)13(17)16-9(2)14(18)19/h3-7,9H,1-2H3,(H,16,17)(H,18,19). The number of nitrogens with zero attached hydrogens (tertiary/aromatic N) is 1. The molecule has 98 valence electrons. The van der Waals surface area contributed by atoms with Gasteiger partial charge in [0.2, 0.25) is 0 Å². The number of pyridine rings is 1. The van der Waals surface area contributed by atoms with E-state index in [2.05, 4.69) is 10.3 Å². The third-order valence-electron chi connectivity index (χ3n) is 2.85. The molecule has 0 spiro atoms. The van der Waals surface area contributed by atoms with Crippen LogP contribution in [0.2, 0.25) is 0 Å². The van der Waals surface area contributed by atoms with E-state index >= 15 is 0 Å². The van der Waals surface area contributed by atoms with E-state index in [0.29, 0.717) is 5.39 Å². The summed E-state index contributed by atoms with van der Waals surface area (Å²) in [5.41, 5.74) is 1.33. The minimum absolute atomic E-state index is 0.241. The Kier molecular flexibility index (Phi) is 3.46. The fraction of sp³-hybridized carbons (Fsp3) is 0.214. The van der Waals surface area contributed by atoms with Gasteiger partial charge in [0, 0.05) is 11.6 Å². The molecule has 1 heterocycles. The Hall–Kier alpha value is -2.43. The first-order valence-corrected chi connectivity index (χ1v) is 5.88. The molecule has 5 heteroatoms. The number of hydrogen-bond acceptors (Lipinski definition) is 3. The molecule has 1 aromatic carbocycles. The zero-order valence-corrected chi connectivity index (χ0v) is 10.7. The number of aromatic nitrogens is 1. The molecular formula is C14H14N2O3. The van der Waals surface area contributed by atoms with Crippen molar-refractivity contribution in [2.75, 3.05) is 0 Å². The van der Waals surface area contributed by atoms with Crippen LogP contribution in [0, 0.1) is 6.92 Å². The number of aryl methyl sites for hydroxylation is 1. The van der Waals surface area contributed by atoms with Gasteiger partial charge in [0.15, 0.2) is 0 Å². The van der Waals surface area contributed by atoms with Crippen LogP contribution in [0.5, 0.6) is 0 Å². The van der Waals surface area contributed by atoms with Crippen LogP contribution < -0.4 is 5.32 Å². The molecule has 0 aliphatic heterocycles. The summed E-state index contributed by atoms with van der Waals surface area (Å²) >= 11 is 0. The monoisotopic (exact) mass is 258 g/mol. The number of nitrogens with one attached hydrogen (secondary N) is 1. The minimum atomic E-state index is -1.08. The predicted molar refractivity (Wildman–Crippen MR) is 71.0 cm³/mol. The Bertz CT molecular complexity index is 652. The van der Waals surface area contributed by atoms with Crippen molar-refractivity contribution in [3.05, 3.63) is 41.7 Å². The van der Waals surface area contributed by atoms with Gasteiger partial charge in [-0.25, -0.2) is 0 Å². The maximum Gasteiger partial charge on any atom is 0.325 e. The molecule has 0 saturated heterocycles. The Morgan fingerprint density at radius 2 is 2.05 bits per heavy atom. The van der Waals surface area contributed by atoms with Gasteiger partial charge in [-0.15, -0.1) is 0 Å². The minimum Gasteiger partial charge on any atom is -0.480 e. The van der Waals surface area contributed by atoms with Crippen molar-refractivity contribution in [2.24, 2.45) is 0 Å². The Morgan fingerprint density at radius 1 is 1.32 bits per heavy atom. The second kappa shape index (κ2) is 5.06. The summed E-state index contributed by atoms with van der Waals surface area (Å²) in [7, 11) is 0. The summed E-state index contributed by atoms with van der Waals surface area (Å²) in [6.07, 6.45) is 1.54. The van der Waals surface area contributed by atoms with Crippen molar-refractivity contribution in [3.8, 4) is 0 Å². The van der Waals surface area contributed by atoms with Gasteiger partial charge < -0.3 is 10.4 Å². The molecule has 0 fully saturated rings. The van der Waals surface area contributed by atoms with Crippen LogP contribution >= 0.6 is 0 Å². The number of benzene rings is 1. The lowest BCUT2D eigenvalue weighted by molar-refractivity contribution is -0.138. The molecule has 1 aromatic heterocycles. The number of hydrogen-bond donors (Lipinski definition) is 2. The molecule has 5 nitrogen and oxygen atoms in total. The summed E-state index contributed by atoms with van der Waals surface area (Å²) in [6.45, 7) is 3.38. The van der Waals surface area contributed by atoms with Crippen molar-refractivity contribution < 1.29 is 14.7 Å². The Labute approximate surface area is 110 Å². The molecule has 1 unspecified atom stereocenters. The van der Waals surface area contributed by atoms with Gasteiger partial charge in [-0.3, -0.25) is 14.6 Å². The van der Waals surface area contributed by atoms with E-state index < -0.39 is 17.9 Å². The lowest BCUT2D eigenvalue weighted by atomic mass is 10.1. The molecule has 0 radical (unpaired) electrons. The average molecular weight is 258 g/mol. The highest BCUT2D eigenvalue weighted by Crippen LogP contribution is 2.18. The zero-order valence-electron chi connectivity index (χ0n) is 10.7. The number of fused-ring (bicyclic) bond motifs is 1. The van der Waals surface area contributed by atoms with E-state index in [0.717, 1.165) is 10.9 Å². The summed E-state index contributed by atoms with van der Waals surface area (Å²) in [5, 5.41) is 12.8. The second-order valence-electron chi connectivity index (χ2n) is 4.42. The quantitative estimate of drug-likeness (QED) is 0.879. The van der Waals surface area contributed by atoms with Gasteiger partial charge in [-0.1, -0.05) is 23.8 Å². The molecule has 2 rings (SSSR count). The Morgan fingerprint density at radius 3 is 2.74 bits per heavy atom. The molecule has 19 heavy (non-hydrogen) atoms. The number of rotatable bonds is 3. The van der Waals surface area contributed by atoms with Crippen LogP contribution in [0.4, 0.5) is 0 Å². The van der Waals surface area contributed by atoms with Crippen LogP contribution in [-0.4, -0.2) is 28.0 Å². The SMILES string of the molecule is Cc1ccc2c(C(=O)NC(C)C(=O)O)nccc2c1. The van der Waals surface area contributed by atoms with Crippen molar-refractivity contribution in [3.63, 3.8) is 0 Å². The van der Waals surface area contributed by atoms with E-state index in [1.807, 2.05) is 31.2 Å². The third kappa shape index (κ3) is 2.70. The molecule has 0 bridgehead atoms. The van der Waals surface area contributed by atoms with Gasteiger partial charge in [-0.2, -0.15) is 0 Å². The normalized spacial score (nSPS) is 12.1. The fourth-order valence-electron chi connectivity index (χ4n) is 1.81. The Balaban J connectivity index is 2.40. The number of carboxylic acids is 1. The molecule has 2 N–H and O–H groups in total. The zero-order chi connectivity index (χ0) is 14.0. The number of carbonyl (C=O) groups excluding carboxylic acids is 1. The summed E-state index contributed by atoms with van der Waals surface area (Å²) in [4.78, 5) is 26.8. The lowest BCUT2D eigenvalue weighted by Crippen LogP contribution is -2.38. The van der Waals surface area contributed by atoms with Gasteiger partial charge in [0.05, 0.1) is 0 Å². The fourth-order valence-corrected chi connectivity index (χ4v) is 1.81. The average Bonchev–Trinajstić information content (AvgIpc) is 2.37. The highest BCUT2D eigenvalue weighted by molar-refractivity contribution is 6.06. The van der Waals surface area contributed by atoms with Crippen molar-refractivity contribution in [1.29, 1.82) is 0 Å². The molecule has 1 atom stereocenters. The van der Waals surface area contributed by atoms with E-state index in [1.165, 1.54) is 6.92 Å². The largest absolute Gasteiger partial charge is 0.480 e. The van der Waals surface area contributed by atoms with Crippen LogP contribution in [0.15, 0.2) is 30.5 Å². The van der Waals surface area contributed by atoms with Gasteiger partial charge in [0.1, 0.15) is 11.7 Å². The van der Waals surface area contributed by atoms with Gasteiger partial charge >= 0.3 is 5.97 Å². The van der Waals surface area contributed by atoms with E-state index in [4.69, 9.17) is 5.11 Å². The maximum atomic E-state index is 12.0. The first-order valence-electron chi connectivity index (χ1n) is 5.88. The van der Waals surface area contributed by atoms with Gasteiger partial charge in [-0.05, 0) is 25.3 Å². The van der Waals surface area contributed by atoms with Crippen molar-refractivity contribution >= 4 is 22.6 Å². The van der Waals surface area contributed by atoms with Crippen LogP contribution in [0.3, 0.4) is 0 Å². The maximum absolute atomic E-state index is 12.0. The van der Waals surface area contributed by atoms with E-state index in [1.54, 1.807) is 6.20 Å². The first-order chi connectivity index (χ1) is 8.99. The second-order valence-corrected chi connectivity index (χ2v) is 4.42. The first kappa shape index (κ1) is 13.0. The molecule has 2 aromatic rings. The van der Waals surface area contributed by atoms with Crippen molar-refractivity contribution in [1.82, 2.24) is 10.3 Å². The van der Waals surface area contributed by atoms with Gasteiger partial charge in [0.25, 0.3) is 5.91 Å². The molecule has 0 aliphatic carbocycles. The van der Waals surface area contributed by atoms with Crippen LogP contribution in [0.1, 0.15) is 23.0 Å². The van der Waals surface area contributed by atoms with Crippen LogP contribution in [-0.2, 0) is 4.79 Å². The van der Waals surface area contributed by atoms with Crippen molar-refractivity contribution in [2.45, 2.75) is 19.9 Å². The molecular weight excluding hydrogens is 244 g/mol. The molecule has 0 saturated carbocycles. The highest BCUT2D eigenvalue weighted by Gasteiger charge is 2.17. The van der Waals surface area contributed by atoms with Crippen LogP contribution in [0.25, 0.3) is 10.8 Å². The molecule has 0 aliphatic rings. The number of carboxylic acid groups (broad SMARTS) is 1. The predicted octanol–water partition coefficient (Wildman–Crippen LogP) is 1.75. The lowest BCUT2D eigenvalue weighted by Gasteiger charge is -2.10. The van der Waals surface area contributed by atoms with E-state index in [-0.39, 0.29) is 5.69 Å². The topological polar surface area (TPSA) is 79.3 Å². The summed E-state index contributed by atoms with van der Waals surface area (Å²) in [6, 6.07) is 6.53. The smallest absolute Gasteiger partial charge is 0.325 e. The summed E-state index contributed by atoms with van der Waals surface area (Å²) < 4.78 is 0. The summed E-state index contributed by atoms with van der Waals surface area (Å²) in [5.74, 6) is -1.56. The third-order valence-corrected chi connectivity index (χ3v) is 2.85.